The van der Waals surface area contributed by atoms with E-state index >= 15 is 0 Å². The molecule has 0 saturated carbocycles. The molecule has 3 heterocycles. The van der Waals surface area contributed by atoms with Crippen LogP contribution in [-0.2, 0) is 15.9 Å². The topological polar surface area (TPSA) is 73.0 Å². The Morgan fingerprint density at radius 3 is 2.61 bits per heavy atom. The molecule has 0 aliphatic carbocycles. The minimum Gasteiger partial charge on any atom is -0.399 e. The van der Waals surface area contributed by atoms with Crippen LogP contribution in [0.1, 0.15) is 39.0 Å². The number of hydrogen-bond donors (Lipinski definition) is 0. The molecule has 0 atom stereocenters. The summed E-state index contributed by atoms with van der Waals surface area (Å²) in [6.45, 7) is 8.67. The molecule has 1 fully saturated rings. The third-order valence-corrected chi connectivity index (χ3v) is 4.46. The van der Waals surface area contributed by atoms with Gasteiger partial charge in [0.2, 0.25) is 0 Å². The molecule has 0 aromatic carbocycles. The molecule has 0 spiro atoms. The Labute approximate surface area is 136 Å². The summed E-state index contributed by atoms with van der Waals surface area (Å²) in [5.74, 6) is 0. The quantitative estimate of drug-likeness (QED) is 0.803. The predicted molar refractivity (Wildman–Crippen MR) is 86.0 cm³/mol. The van der Waals surface area contributed by atoms with E-state index in [4.69, 9.17) is 14.6 Å². The number of pyridine rings is 1. The lowest BCUT2D eigenvalue weighted by Crippen LogP contribution is -2.41. The number of hydrogen-bond acceptors (Lipinski definition) is 5. The van der Waals surface area contributed by atoms with Gasteiger partial charge in [-0.2, -0.15) is 10.4 Å². The molecule has 1 saturated heterocycles. The third-order valence-electron chi connectivity index (χ3n) is 4.46. The van der Waals surface area contributed by atoms with Crippen molar-refractivity contribution in [3.8, 4) is 6.07 Å². The first-order valence-electron chi connectivity index (χ1n) is 7.54. The molecular formula is C16H19BN4O2. The van der Waals surface area contributed by atoms with E-state index in [2.05, 4.69) is 10.1 Å². The van der Waals surface area contributed by atoms with Crippen LogP contribution < -0.4 is 5.46 Å². The van der Waals surface area contributed by atoms with Gasteiger partial charge in [0.1, 0.15) is 11.8 Å². The SMILES string of the molecule is CC1(C)OB(c2cnn(Cc3ccnc(C#N)c3)c2)OC1(C)C. The van der Waals surface area contributed by atoms with E-state index in [-0.39, 0.29) is 11.2 Å². The van der Waals surface area contributed by atoms with E-state index in [1.165, 1.54) is 0 Å². The highest BCUT2D eigenvalue weighted by Gasteiger charge is 2.52. The van der Waals surface area contributed by atoms with Crippen LogP contribution in [0.25, 0.3) is 0 Å². The summed E-state index contributed by atoms with van der Waals surface area (Å²) >= 11 is 0. The molecule has 1 aliphatic heterocycles. The van der Waals surface area contributed by atoms with Gasteiger partial charge in [0.05, 0.1) is 17.7 Å². The fourth-order valence-corrected chi connectivity index (χ4v) is 2.39. The number of nitrogens with zero attached hydrogens (tertiary/aromatic N) is 4. The summed E-state index contributed by atoms with van der Waals surface area (Å²) in [4.78, 5) is 3.97. The zero-order chi connectivity index (χ0) is 16.7. The largest absolute Gasteiger partial charge is 0.498 e. The van der Waals surface area contributed by atoms with Gasteiger partial charge in [-0.05, 0) is 45.4 Å². The first-order chi connectivity index (χ1) is 10.8. The molecular weight excluding hydrogens is 291 g/mol. The van der Waals surface area contributed by atoms with E-state index in [1.807, 2.05) is 46.0 Å². The van der Waals surface area contributed by atoms with Crippen molar-refractivity contribution in [2.45, 2.75) is 45.4 Å². The van der Waals surface area contributed by atoms with Gasteiger partial charge in [0.25, 0.3) is 0 Å². The Bertz CT molecular complexity index is 747. The highest BCUT2D eigenvalue weighted by Crippen LogP contribution is 2.36. The molecule has 118 valence electrons. The minimum atomic E-state index is -0.416. The second-order valence-electron chi connectivity index (χ2n) is 6.72. The maximum Gasteiger partial charge on any atom is 0.498 e. The van der Waals surface area contributed by atoms with Crippen LogP contribution in [0.5, 0.6) is 0 Å². The fraction of sp³-hybridized carbons (Fsp3) is 0.438. The van der Waals surface area contributed by atoms with Crippen LogP contribution in [0.4, 0.5) is 0 Å². The Hall–Kier alpha value is -2.17. The average molecular weight is 310 g/mol. The summed E-state index contributed by atoms with van der Waals surface area (Å²) < 4.78 is 13.8. The Balaban J connectivity index is 1.75. The zero-order valence-electron chi connectivity index (χ0n) is 13.8. The van der Waals surface area contributed by atoms with Crippen molar-refractivity contribution in [2.24, 2.45) is 0 Å². The smallest absolute Gasteiger partial charge is 0.399 e. The molecule has 2 aromatic rings. The van der Waals surface area contributed by atoms with Gasteiger partial charge in [-0.15, -0.1) is 0 Å². The Morgan fingerprint density at radius 1 is 1.26 bits per heavy atom. The maximum atomic E-state index is 8.91. The van der Waals surface area contributed by atoms with E-state index in [0.717, 1.165) is 11.0 Å². The standard InChI is InChI=1S/C16H19BN4O2/c1-15(2)16(3,4)23-17(22-15)13-9-20-21(11-13)10-12-5-6-19-14(7-12)8-18/h5-7,9,11H,10H2,1-4H3. The van der Waals surface area contributed by atoms with Gasteiger partial charge < -0.3 is 9.31 Å². The van der Waals surface area contributed by atoms with Crippen molar-refractivity contribution in [1.29, 1.82) is 5.26 Å². The number of nitriles is 1. The maximum absolute atomic E-state index is 8.91. The van der Waals surface area contributed by atoms with E-state index < -0.39 is 7.12 Å². The monoisotopic (exact) mass is 310 g/mol. The molecule has 0 radical (unpaired) electrons. The van der Waals surface area contributed by atoms with Crippen molar-refractivity contribution < 1.29 is 9.31 Å². The normalized spacial score (nSPS) is 18.8. The summed E-state index contributed by atoms with van der Waals surface area (Å²) in [7, 11) is -0.416. The Kier molecular flexibility index (Phi) is 3.75. The molecule has 2 aromatic heterocycles. The molecule has 0 amide bonds. The second-order valence-corrected chi connectivity index (χ2v) is 6.72. The van der Waals surface area contributed by atoms with E-state index in [1.54, 1.807) is 23.1 Å². The van der Waals surface area contributed by atoms with Crippen molar-refractivity contribution in [2.75, 3.05) is 0 Å². The molecule has 0 bridgehead atoms. The second kappa shape index (κ2) is 5.48. The molecule has 23 heavy (non-hydrogen) atoms. The third kappa shape index (κ3) is 3.00. The van der Waals surface area contributed by atoms with Crippen molar-refractivity contribution in [3.63, 3.8) is 0 Å². The van der Waals surface area contributed by atoms with Crippen LogP contribution in [0, 0.1) is 11.3 Å². The first-order valence-corrected chi connectivity index (χ1v) is 7.54. The molecule has 3 rings (SSSR count). The van der Waals surface area contributed by atoms with Gasteiger partial charge in [-0.3, -0.25) is 4.68 Å². The van der Waals surface area contributed by atoms with Crippen molar-refractivity contribution in [3.05, 3.63) is 42.0 Å². The molecule has 0 N–H and O–H groups in total. The Morgan fingerprint density at radius 2 is 1.96 bits per heavy atom. The van der Waals surface area contributed by atoms with Gasteiger partial charge >= 0.3 is 7.12 Å². The zero-order valence-corrected chi connectivity index (χ0v) is 13.8. The van der Waals surface area contributed by atoms with Crippen molar-refractivity contribution in [1.82, 2.24) is 14.8 Å². The molecule has 7 heteroatoms. The predicted octanol–water partition coefficient (Wildman–Crippen LogP) is 1.50. The average Bonchev–Trinajstić information content (AvgIpc) is 3.02. The summed E-state index contributed by atoms with van der Waals surface area (Å²) in [6.07, 6.45) is 5.30. The highest BCUT2D eigenvalue weighted by atomic mass is 16.7. The summed E-state index contributed by atoms with van der Waals surface area (Å²) in [5, 5.41) is 13.3. The summed E-state index contributed by atoms with van der Waals surface area (Å²) in [5.41, 5.74) is 1.53. The molecule has 6 nitrogen and oxygen atoms in total. The molecule has 1 aliphatic rings. The van der Waals surface area contributed by atoms with E-state index in [9.17, 15) is 0 Å². The lowest BCUT2D eigenvalue weighted by atomic mass is 9.82. The summed E-state index contributed by atoms with van der Waals surface area (Å²) in [6, 6.07) is 5.67. The van der Waals surface area contributed by atoms with Crippen LogP contribution in [0.15, 0.2) is 30.7 Å². The van der Waals surface area contributed by atoms with Crippen LogP contribution in [0.3, 0.4) is 0 Å². The lowest BCUT2D eigenvalue weighted by molar-refractivity contribution is 0.00578. The fourth-order valence-electron chi connectivity index (χ4n) is 2.39. The van der Waals surface area contributed by atoms with Crippen LogP contribution >= 0.6 is 0 Å². The van der Waals surface area contributed by atoms with E-state index in [0.29, 0.717) is 12.2 Å². The van der Waals surface area contributed by atoms with Crippen LogP contribution in [0.2, 0.25) is 0 Å². The van der Waals surface area contributed by atoms with Gasteiger partial charge in [-0.1, -0.05) is 0 Å². The molecule has 0 unspecified atom stereocenters. The van der Waals surface area contributed by atoms with Gasteiger partial charge in [0.15, 0.2) is 0 Å². The van der Waals surface area contributed by atoms with Crippen LogP contribution in [-0.4, -0.2) is 33.1 Å². The van der Waals surface area contributed by atoms with Gasteiger partial charge in [-0.25, -0.2) is 4.98 Å². The number of aromatic nitrogens is 3. The number of rotatable bonds is 3. The first kappa shape index (κ1) is 15.7. The van der Waals surface area contributed by atoms with Crippen molar-refractivity contribution >= 4 is 12.6 Å². The van der Waals surface area contributed by atoms with Gasteiger partial charge in [0, 0.05) is 24.1 Å². The minimum absolute atomic E-state index is 0.368. The lowest BCUT2D eigenvalue weighted by Gasteiger charge is -2.32. The highest BCUT2D eigenvalue weighted by molar-refractivity contribution is 6.61.